The molecule has 0 bridgehead atoms. The molecule has 4 heteroatoms. The van der Waals surface area contributed by atoms with Gasteiger partial charge < -0.3 is 9.64 Å². The topological polar surface area (TPSA) is 28.1 Å². The van der Waals surface area contributed by atoms with E-state index in [0.717, 1.165) is 45.2 Å². The first-order valence-electron chi connectivity index (χ1n) is 8.77. The Bertz CT molecular complexity index is 374. The van der Waals surface area contributed by atoms with Gasteiger partial charge in [0.15, 0.2) is 0 Å². The van der Waals surface area contributed by atoms with Crippen molar-refractivity contribution in [3.05, 3.63) is 0 Å². The minimum atomic E-state index is -0.00832. The molecule has 3 rings (SSSR count). The van der Waals surface area contributed by atoms with Gasteiger partial charge in [0.1, 0.15) is 5.84 Å². The Morgan fingerprint density at radius 3 is 2.76 bits per heavy atom. The summed E-state index contributed by atoms with van der Waals surface area (Å²) in [7, 11) is 0. The maximum absolute atomic E-state index is 5.81. The predicted molar refractivity (Wildman–Crippen MR) is 86.9 cm³/mol. The van der Waals surface area contributed by atoms with Crippen LogP contribution in [0, 0.1) is 5.92 Å². The van der Waals surface area contributed by atoms with Crippen LogP contribution in [0.4, 0.5) is 0 Å². The molecule has 21 heavy (non-hydrogen) atoms. The van der Waals surface area contributed by atoms with Crippen LogP contribution in [0.5, 0.6) is 0 Å². The number of rotatable bonds is 4. The lowest BCUT2D eigenvalue weighted by atomic mass is 9.89. The number of nitrogens with zero attached hydrogens (tertiary/aromatic N) is 3. The van der Waals surface area contributed by atoms with Gasteiger partial charge in [-0.3, -0.25) is 9.89 Å². The average molecular weight is 293 g/mol. The fourth-order valence-electron chi connectivity index (χ4n) is 4.01. The van der Waals surface area contributed by atoms with E-state index in [1.54, 1.807) is 0 Å². The number of amidine groups is 1. The van der Waals surface area contributed by atoms with Crippen molar-refractivity contribution in [1.82, 2.24) is 9.80 Å². The molecule has 0 radical (unpaired) electrons. The lowest BCUT2D eigenvalue weighted by Crippen LogP contribution is -2.51. The van der Waals surface area contributed by atoms with E-state index >= 15 is 0 Å². The summed E-state index contributed by atoms with van der Waals surface area (Å²) < 4.78 is 5.81. The fraction of sp³-hybridized carbons (Fsp3) is 0.941. The van der Waals surface area contributed by atoms with Crippen molar-refractivity contribution in [3.63, 3.8) is 0 Å². The molecule has 2 fully saturated rings. The van der Waals surface area contributed by atoms with Crippen molar-refractivity contribution in [2.24, 2.45) is 10.9 Å². The Kier molecular flexibility index (Phi) is 4.85. The van der Waals surface area contributed by atoms with Crippen LogP contribution < -0.4 is 0 Å². The van der Waals surface area contributed by atoms with Crippen molar-refractivity contribution in [3.8, 4) is 0 Å². The lowest BCUT2D eigenvalue weighted by molar-refractivity contribution is -0.0823. The molecule has 1 saturated heterocycles. The molecule has 0 spiro atoms. The van der Waals surface area contributed by atoms with E-state index in [-0.39, 0.29) is 5.60 Å². The third-order valence-electron chi connectivity index (χ3n) is 5.10. The molecule has 120 valence electrons. The van der Waals surface area contributed by atoms with Gasteiger partial charge in [-0.2, -0.15) is 0 Å². The van der Waals surface area contributed by atoms with Crippen LogP contribution in [0.3, 0.4) is 0 Å². The first kappa shape index (κ1) is 15.3. The van der Waals surface area contributed by atoms with Crippen molar-refractivity contribution >= 4 is 5.84 Å². The van der Waals surface area contributed by atoms with Gasteiger partial charge in [-0.1, -0.05) is 19.3 Å². The SMILES string of the molecule is CC1(C)CN(CC2=NCCN2CC2CCCCC2)CCO1. The third kappa shape index (κ3) is 4.19. The lowest BCUT2D eigenvalue weighted by Gasteiger charge is -2.39. The van der Waals surface area contributed by atoms with Crippen LogP contribution in [0.25, 0.3) is 0 Å². The highest BCUT2D eigenvalue weighted by atomic mass is 16.5. The van der Waals surface area contributed by atoms with Crippen molar-refractivity contribution < 1.29 is 4.74 Å². The van der Waals surface area contributed by atoms with Crippen LogP contribution in [0.15, 0.2) is 4.99 Å². The van der Waals surface area contributed by atoms with Gasteiger partial charge in [-0.15, -0.1) is 0 Å². The fourth-order valence-corrected chi connectivity index (χ4v) is 4.01. The van der Waals surface area contributed by atoms with Crippen LogP contribution in [-0.4, -0.2) is 67.1 Å². The highest BCUT2D eigenvalue weighted by Gasteiger charge is 2.30. The molecule has 1 aliphatic carbocycles. The standard InChI is InChI=1S/C17H31N3O/c1-17(2)14-19(10-11-21-17)13-16-18-8-9-20(16)12-15-6-4-3-5-7-15/h15H,3-14H2,1-2H3. The summed E-state index contributed by atoms with van der Waals surface area (Å²) in [6.07, 6.45) is 7.16. The first-order valence-corrected chi connectivity index (χ1v) is 8.77. The number of ether oxygens (including phenoxy) is 1. The van der Waals surface area contributed by atoms with E-state index in [9.17, 15) is 0 Å². The Labute approximate surface area is 129 Å². The van der Waals surface area contributed by atoms with Gasteiger partial charge in [0.25, 0.3) is 0 Å². The maximum Gasteiger partial charge on any atom is 0.113 e. The summed E-state index contributed by atoms with van der Waals surface area (Å²) >= 11 is 0. The predicted octanol–water partition coefficient (Wildman–Crippen LogP) is 2.39. The average Bonchev–Trinajstić information content (AvgIpc) is 2.86. The zero-order valence-electron chi connectivity index (χ0n) is 13.8. The molecule has 2 aliphatic heterocycles. The smallest absolute Gasteiger partial charge is 0.113 e. The van der Waals surface area contributed by atoms with Gasteiger partial charge in [0, 0.05) is 26.2 Å². The Balaban J connectivity index is 1.51. The molecule has 0 unspecified atom stereocenters. The monoisotopic (exact) mass is 293 g/mol. The molecule has 4 nitrogen and oxygen atoms in total. The molecule has 3 aliphatic rings. The van der Waals surface area contributed by atoms with E-state index in [4.69, 9.17) is 9.73 Å². The number of hydrogen-bond donors (Lipinski definition) is 0. The van der Waals surface area contributed by atoms with E-state index in [1.807, 2.05) is 0 Å². The van der Waals surface area contributed by atoms with Gasteiger partial charge in [0.2, 0.25) is 0 Å². The van der Waals surface area contributed by atoms with E-state index in [2.05, 4.69) is 23.6 Å². The van der Waals surface area contributed by atoms with Crippen LogP contribution in [0.2, 0.25) is 0 Å². The highest BCUT2D eigenvalue weighted by Crippen LogP contribution is 2.25. The molecule has 0 aromatic carbocycles. The molecule has 0 amide bonds. The molecule has 0 aromatic rings. The molecule has 1 saturated carbocycles. The summed E-state index contributed by atoms with van der Waals surface area (Å²) in [5, 5.41) is 0. The molecule has 2 heterocycles. The summed E-state index contributed by atoms with van der Waals surface area (Å²) in [5.74, 6) is 2.24. The number of aliphatic imine (C=N–C) groups is 1. The molecular formula is C17H31N3O. The molecule has 0 aromatic heterocycles. The van der Waals surface area contributed by atoms with Crippen molar-refractivity contribution in [2.75, 3.05) is 45.9 Å². The second-order valence-electron chi connectivity index (χ2n) is 7.57. The van der Waals surface area contributed by atoms with Gasteiger partial charge in [-0.05, 0) is 32.6 Å². The zero-order chi connectivity index (χ0) is 14.7. The molecule has 0 N–H and O–H groups in total. The number of morpholine rings is 1. The zero-order valence-corrected chi connectivity index (χ0v) is 13.8. The van der Waals surface area contributed by atoms with Gasteiger partial charge in [0.05, 0.1) is 25.3 Å². The van der Waals surface area contributed by atoms with Crippen LogP contribution in [0.1, 0.15) is 46.0 Å². The second kappa shape index (κ2) is 6.66. The quantitative estimate of drug-likeness (QED) is 0.797. The van der Waals surface area contributed by atoms with Gasteiger partial charge >= 0.3 is 0 Å². The van der Waals surface area contributed by atoms with E-state index in [1.165, 1.54) is 44.5 Å². The largest absolute Gasteiger partial charge is 0.373 e. The van der Waals surface area contributed by atoms with Crippen LogP contribution in [-0.2, 0) is 4.74 Å². The third-order valence-corrected chi connectivity index (χ3v) is 5.10. The molecule has 0 atom stereocenters. The maximum atomic E-state index is 5.81. The minimum absolute atomic E-state index is 0.00832. The Hall–Kier alpha value is -0.610. The first-order chi connectivity index (χ1) is 10.1. The van der Waals surface area contributed by atoms with E-state index < -0.39 is 0 Å². The summed E-state index contributed by atoms with van der Waals surface area (Å²) in [6.45, 7) is 11.7. The van der Waals surface area contributed by atoms with E-state index in [0.29, 0.717) is 0 Å². The van der Waals surface area contributed by atoms with Crippen LogP contribution >= 0.6 is 0 Å². The normalized spacial score (nSPS) is 27.9. The summed E-state index contributed by atoms with van der Waals surface area (Å²) in [6, 6.07) is 0. The Morgan fingerprint density at radius 1 is 1.19 bits per heavy atom. The summed E-state index contributed by atoms with van der Waals surface area (Å²) in [5.41, 5.74) is -0.00832. The number of hydrogen-bond acceptors (Lipinski definition) is 4. The second-order valence-corrected chi connectivity index (χ2v) is 7.57. The Morgan fingerprint density at radius 2 is 2.00 bits per heavy atom. The van der Waals surface area contributed by atoms with Crippen molar-refractivity contribution in [1.29, 1.82) is 0 Å². The molecular weight excluding hydrogens is 262 g/mol. The minimum Gasteiger partial charge on any atom is -0.373 e. The van der Waals surface area contributed by atoms with Crippen molar-refractivity contribution in [2.45, 2.75) is 51.6 Å². The van der Waals surface area contributed by atoms with Gasteiger partial charge in [-0.25, -0.2) is 0 Å². The summed E-state index contributed by atoms with van der Waals surface area (Å²) in [4.78, 5) is 9.87. The highest BCUT2D eigenvalue weighted by molar-refractivity contribution is 5.85.